The average molecular weight is 210 g/mol. The molecule has 14 heavy (non-hydrogen) atoms. The quantitative estimate of drug-likeness (QED) is 0.568. The maximum atomic E-state index is 11.2. The standard InChI is InChI=1S/C10H14O3Si/c1-14(2,3)13-10(11)7-6-9-5-4-8-12-9/h4-8H,1-3H3. The summed E-state index contributed by atoms with van der Waals surface area (Å²) in [5.41, 5.74) is 0. The van der Waals surface area contributed by atoms with Crippen molar-refractivity contribution in [2.45, 2.75) is 19.6 Å². The van der Waals surface area contributed by atoms with Crippen molar-refractivity contribution >= 4 is 20.4 Å². The largest absolute Gasteiger partial charge is 0.517 e. The predicted molar refractivity (Wildman–Crippen MR) is 57.2 cm³/mol. The van der Waals surface area contributed by atoms with Crippen molar-refractivity contribution < 1.29 is 13.6 Å². The topological polar surface area (TPSA) is 39.4 Å². The first-order valence-electron chi connectivity index (χ1n) is 4.42. The maximum Gasteiger partial charge on any atom is 0.317 e. The predicted octanol–water partition coefficient (Wildman–Crippen LogP) is 2.67. The van der Waals surface area contributed by atoms with Crippen molar-refractivity contribution in [2.75, 3.05) is 0 Å². The molecular formula is C10H14O3Si. The van der Waals surface area contributed by atoms with E-state index in [9.17, 15) is 4.79 Å². The van der Waals surface area contributed by atoms with Gasteiger partial charge in [0.05, 0.1) is 6.26 Å². The lowest BCUT2D eigenvalue weighted by molar-refractivity contribution is -0.129. The van der Waals surface area contributed by atoms with Crippen molar-refractivity contribution in [3.05, 3.63) is 30.2 Å². The first-order chi connectivity index (χ1) is 6.47. The molecule has 0 bridgehead atoms. The Morgan fingerprint density at radius 2 is 2.21 bits per heavy atom. The van der Waals surface area contributed by atoms with Gasteiger partial charge in [-0.2, -0.15) is 0 Å². The Kier molecular flexibility index (Phi) is 3.30. The van der Waals surface area contributed by atoms with Crippen LogP contribution in [0, 0.1) is 0 Å². The summed E-state index contributed by atoms with van der Waals surface area (Å²) in [7, 11) is -1.77. The zero-order valence-corrected chi connectivity index (χ0v) is 9.61. The van der Waals surface area contributed by atoms with Gasteiger partial charge in [-0.05, 0) is 37.8 Å². The van der Waals surface area contributed by atoms with Crippen molar-refractivity contribution in [3.8, 4) is 0 Å². The average Bonchev–Trinajstić information content (AvgIpc) is 2.49. The lowest BCUT2D eigenvalue weighted by Crippen LogP contribution is -2.28. The first kappa shape index (κ1) is 10.8. The smallest absolute Gasteiger partial charge is 0.317 e. The third kappa shape index (κ3) is 4.09. The summed E-state index contributed by atoms with van der Waals surface area (Å²) in [6, 6.07) is 3.54. The van der Waals surface area contributed by atoms with Gasteiger partial charge in [0.25, 0.3) is 0 Å². The third-order valence-corrected chi connectivity index (χ3v) is 2.15. The van der Waals surface area contributed by atoms with Gasteiger partial charge < -0.3 is 8.84 Å². The molecule has 0 atom stereocenters. The minimum Gasteiger partial charge on any atom is -0.517 e. The van der Waals surface area contributed by atoms with Gasteiger partial charge in [-0.25, -0.2) is 4.79 Å². The second-order valence-corrected chi connectivity index (χ2v) is 8.31. The zero-order chi connectivity index (χ0) is 10.6. The van der Waals surface area contributed by atoms with Crippen molar-refractivity contribution in [1.29, 1.82) is 0 Å². The van der Waals surface area contributed by atoms with Crippen LogP contribution in [0.15, 0.2) is 28.9 Å². The molecule has 3 nitrogen and oxygen atoms in total. The molecule has 1 aromatic rings. The lowest BCUT2D eigenvalue weighted by atomic mass is 10.4. The Hall–Kier alpha value is -1.29. The van der Waals surface area contributed by atoms with Gasteiger partial charge in [0, 0.05) is 6.08 Å². The molecule has 1 aromatic heterocycles. The summed E-state index contributed by atoms with van der Waals surface area (Å²) in [4.78, 5) is 11.2. The molecule has 0 saturated carbocycles. The van der Waals surface area contributed by atoms with Crippen molar-refractivity contribution in [2.24, 2.45) is 0 Å². The summed E-state index contributed by atoms with van der Waals surface area (Å²) < 4.78 is 10.2. The molecule has 0 fully saturated rings. The highest BCUT2D eigenvalue weighted by Crippen LogP contribution is 2.06. The van der Waals surface area contributed by atoms with Crippen molar-refractivity contribution in [3.63, 3.8) is 0 Å². The summed E-state index contributed by atoms with van der Waals surface area (Å²) in [6.45, 7) is 5.89. The number of furan rings is 1. The summed E-state index contributed by atoms with van der Waals surface area (Å²) >= 11 is 0. The molecule has 0 aliphatic rings. The highest BCUT2D eigenvalue weighted by Gasteiger charge is 2.18. The van der Waals surface area contributed by atoms with E-state index in [0.29, 0.717) is 5.76 Å². The van der Waals surface area contributed by atoms with E-state index in [1.54, 1.807) is 24.5 Å². The van der Waals surface area contributed by atoms with Gasteiger partial charge in [0.15, 0.2) is 0 Å². The SMILES string of the molecule is C[Si](C)(C)OC(=O)C=Cc1ccco1. The van der Waals surface area contributed by atoms with Crippen LogP contribution < -0.4 is 0 Å². The maximum absolute atomic E-state index is 11.2. The van der Waals surface area contributed by atoms with Crippen molar-refractivity contribution in [1.82, 2.24) is 0 Å². The van der Waals surface area contributed by atoms with E-state index in [1.165, 1.54) is 6.08 Å². The monoisotopic (exact) mass is 210 g/mol. The number of carbonyl (C=O) groups excluding carboxylic acids is 1. The molecule has 0 aliphatic carbocycles. The molecule has 0 aliphatic heterocycles. The van der Waals surface area contributed by atoms with Crippen LogP contribution in [-0.4, -0.2) is 14.3 Å². The van der Waals surface area contributed by atoms with Crippen LogP contribution in [0.5, 0.6) is 0 Å². The van der Waals surface area contributed by atoms with E-state index in [2.05, 4.69) is 0 Å². The molecule has 0 spiro atoms. The van der Waals surface area contributed by atoms with E-state index >= 15 is 0 Å². The Morgan fingerprint density at radius 1 is 1.50 bits per heavy atom. The molecule has 0 saturated heterocycles. The molecule has 76 valence electrons. The number of hydrogen-bond acceptors (Lipinski definition) is 3. The van der Waals surface area contributed by atoms with Crippen LogP contribution in [0.4, 0.5) is 0 Å². The summed E-state index contributed by atoms with van der Waals surface area (Å²) in [5.74, 6) is 0.345. The van der Waals surface area contributed by atoms with Gasteiger partial charge >= 0.3 is 5.97 Å². The van der Waals surface area contributed by atoms with Crippen LogP contribution >= 0.6 is 0 Å². The fourth-order valence-corrected chi connectivity index (χ4v) is 1.54. The Morgan fingerprint density at radius 3 is 2.71 bits per heavy atom. The Bertz CT molecular complexity index is 320. The zero-order valence-electron chi connectivity index (χ0n) is 8.61. The molecule has 4 heteroatoms. The molecular weight excluding hydrogens is 196 g/mol. The van der Waals surface area contributed by atoms with E-state index in [-0.39, 0.29) is 5.97 Å². The number of hydrogen-bond donors (Lipinski definition) is 0. The minimum absolute atomic E-state index is 0.305. The lowest BCUT2D eigenvalue weighted by Gasteiger charge is -2.15. The molecule has 1 heterocycles. The van der Waals surface area contributed by atoms with Gasteiger partial charge in [-0.3, -0.25) is 0 Å². The highest BCUT2D eigenvalue weighted by molar-refractivity contribution is 6.71. The van der Waals surface area contributed by atoms with Gasteiger partial charge in [-0.1, -0.05) is 0 Å². The summed E-state index contributed by atoms with van der Waals surface area (Å²) in [5, 5.41) is 0. The van der Waals surface area contributed by atoms with Crippen LogP contribution in [0.3, 0.4) is 0 Å². The van der Waals surface area contributed by atoms with E-state index < -0.39 is 8.32 Å². The van der Waals surface area contributed by atoms with Crippen LogP contribution in [0.1, 0.15) is 5.76 Å². The third-order valence-electron chi connectivity index (χ3n) is 1.33. The fraction of sp³-hybridized carbons (Fsp3) is 0.300. The molecule has 0 N–H and O–H groups in total. The van der Waals surface area contributed by atoms with Gasteiger partial charge in [0.2, 0.25) is 8.32 Å². The van der Waals surface area contributed by atoms with E-state index in [1.807, 2.05) is 19.6 Å². The second kappa shape index (κ2) is 4.28. The van der Waals surface area contributed by atoms with E-state index in [4.69, 9.17) is 8.84 Å². The van der Waals surface area contributed by atoms with Gasteiger partial charge in [0.1, 0.15) is 5.76 Å². The normalized spacial score (nSPS) is 11.9. The molecule has 0 aromatic carbocycles. The fourth-order valence-electron chi connectivity index (χ4n) is 0.872. The van der Waals surface area contributed by atoms with Crippen LogP contribution in [0.25, 0.3) is 6.08 Å². The molecule has 0 amide bonds. The van der Waals surface area contributed by atoms with Crippen LogP contribution in [0.2, 0.25) is 19.6 Å². The van der Waals surface area contributed by atoms with Gasteiger partial charge in [-0.15, -0.1) is 0 Å². The second-order valence-electron chi connectivity index (χ2n) is 3.88. The van der Waals surface area contributed by atoms with E-state index in [0.717, 1.165) is 0 Å². The molecule has 1 rings (SSSR count). The van der Waals surface area contributed by atoms with Crippen LogP contribution in [-0.2, 0) is 9.22 Å². The number of rotatable bonds is 3. The first-order valence-corrected chi connectivity index (χ1v) is 7.83. The summed E-state index contributed by atoms with van der Waals surface area (Å²) in [6.07, 6.45) is 4.54. The Labute approximate surface area is 84.5 Å². The highest BCUT2D eigenvalue weighted by atomic mass is 28.4. The number of carbonyl (C=O) groups is 1. The minimum atomic E-state index is -1.77. The molecule has 0 radical (unpaired) electrons. The molecule has 0 unspecified atom stereocenters. The Balaban J connectivity index is 2.49.